The van der Waals surface area contributed by atoms with Crippen molar-refractivity contribution < 1.29 is 0 Å². The van der Waals surface area contributed by atoms with Crippen molar-refractivity contribution in [3.05, 3.63) is 25.3 Å². The van der Waals surface area contributed by atoms with Crippen LogP contribution < -0.4 is 0 Å². The molecular weight excluding hydrogens is 108 g/mol. The van der Waals surface area contributed by atoms with Gasteiger partial charge in [-0.1, -0.05) is 18.6 Å². The molecule has 0 aromatic carbocycles. The predicted molar refractivity (Wildman–Crippen MR) is 41.2 cm³/mol. The van der Waals surface area contributed by atoms with Gasteiger partial charge < -0.3 is 0 Å². The van der Waals surface area contributed by atoms with Gasteiger partial charge in [0.25, 0.3) is 0 Å². The summed E-state index contributed by atoms with van der Waals surface area (Å²) in [6.07, 6.45) is 8.13. The molecule has 2 atom stereocenters. The summed E-state index contributed by atoms with van der Waals surface area (Å²) < 4.78 is 0. The van der Waals surface area contributed by atoms with Crippen molar-refractivity contribution in [3.8, 4) is 0 Å². The van der Waals surface area contributed by atoms with Gasteiger partial charge in [0.05, 0.1) is 0 Å². The van der Waals surface area contributed by atoms with E-state index in [1.54, 1.807) is 0 Å². The molecule has 0 unspecified atom stereocenters. The zero-order valence-corrected chi connectivity index (χ0v) is 5.84. The quantitative estimate of drug-likeness (QED) is 0.494. The van der Waals surface area contributed by atoms with E-state index in [0.717, 1.165) is 11.8 Å². The van der Waals surface area contributed by atoms with E-state index in [1.165, 1.54) is 19.3 Å². The average molecular weight is 122 g/mol. The fraction of sp³-hybridized carbons (Fsp3) is 0.556. The Bertz CT molecular complexity index is 99.2. The Morgan fingerprint density at radius 2 is 1.44 bits per heavy atom. The van der Waals surface area contributed by atoms with Gasteiger partial charge in [0, 0.05) is 0 Å². The lowest BCUT2D eigenvalue weighted by Gasteiger charge is -2.08. The lowest BCUT2D eigenvalue weighted by atomic mass is 9.97. The van der Waals surface area contributed by atoms with Crippen LogP contribution >= 0.6 is 0 Å². The average Bonchev–Trinajstić information content (AvgIpc) is 2.33. The maximum Gasteiger partial charge on any atom is -0.0173 e. The van der Waals surface area contributed by atoms with Crippen molar-refractivity contribution >= 4 is 0 Å². The molecule has 0 saturated heterocycles. The molecule has 0 aliphatic heterocycles. The van der Waals surface area contributed by atoms with Crippen LogP contribution in [-0.4, -0.2) is 0 Å². The van der Waals surface area contributed by atoms with Gasteiger partial charge >= 0.3 is 0 Å². The predicted octanol–water partition coefficient (Wildman–Crippen LogP) is 2.77. The highest BCUT2D eigenvalue weighted by Crippen LogP contribution is 2.32. The Labute approximate surface area is 57.3 Å². The third kappa shape index (κ3) is 1.24. The fourth-order valence-corrected chi connectivity index (χ4v) is 1.60. The highest BCUT2D eigenvalue weighted by molar-refractivity contribution is 4.96. The molecule has 0 aromatic rings. The molecule has 0 N–H and O–H groups in total. The maximum atomic E-state index is 3.79. The summed E-state index contributed by atoms with van der Waals surface area (Å²) in [4.78, 5) is 0. The summed E-state index contributed by atoms with van der Waals surface area (Å²) >= 11 is 0. The molecule has 1 aliphatic carbocycles. The van der Waals surface area contributed by atoms with E-state index >= 15 is 0 Å². The first-order valence-corrected chi connectivity index (χ1v) is 3.63. The van der Waals surface area contributed by atoms with Gasteiger partial charge in [0.15, 0.2) is 0 Å². The summed E-state index contributed by atoms with van der Waals surface area (Å²) in [5, 5.41) is 0. The van der Waals surface area contributed by atoms with Crippen LogP contribution in [0, 0.1) is 11.8 Å². The second kappa shape index (κ2) is 2.86. The third-order valence-electron chi connectivity index (χ3n) is 2.23. The van der Waals surface area contributed by atoms with Crippen LogP contribution in [0.25, 0.3) is 0 Å². The van der Waals surface area contributed by atoms with E-state index in [4.69, 9.17) is 0 Å². The molecule has 50 valence electrons. The Morgan fingerprint density at radius 1 is 1.00 bits per heavy atom. The fourth-order valence-electron chi connectivity index (χ4n) is 1.60. The van der Waals surface area contributed by atoms with Gasteiger partial charge in [-0.2, -0.15) is 0 Å². The summed E-state index contributed by atoms with van der Waals surface area (Å²) in [5.41, 5.74) is 0. The topological polar surface area (TPSA) is 0 Å². The van der Waals surface area contributed by atoms with Gasteiger partial charge in [-0.05, 0) is 24.7 Å². The number of hydrogen-bond donors (Lipinski definition) is 0. The van der Waals surface area contributed by atoms with Crippen molar-refractivity contribution in [2.75, 3.05) is 0 Å². The van der Waals surface area contributed by atoms with Crippen molar-refractivity contribution in [2.45, 2.75) is 19.3 Å². The van der Waals surface area contributed by atoms with Crippen molar-refractivity contribution in [1.29, 1.82) is 0 Å². The van der Waals surface area contributed by atoms with Gasteiger partial charge in [0.2, 0.25) is 0 Å². The van der Waals surface area contributed by atoms with Crippen LogP contribution in [0.5, 0.6) is 0 Å². The first kappa shape index (κ1) is 6.60. The minimum absolute atomic E-state index is 0.725. The SMILES string of the molecule is C=C[C@@H]1CCC[C@@H]1C=C. The summed E-state index contributed by atoms with van der Waals surface area (Å²) in [7, 11) is 0. The van der Waals surface area contributed by atoms with Crippen LogP contribution in [-0.2, 0) is 0 Å². The standard InChI is InChI=1S/C9H14/c1-3-8-6-5-7-9(8)4-2/h3-4,8-9H,1-2,5-7H2/t8-,9+. The molecule has 0 bridgehead atoms. The largest absolute Gasteiger partial charge is 0.103 e. The maximum absolute atomic E-state index is 3.79. The second-order valence-electron chi connectivity index (χ2n) is 2.73. The minimum Gasteiger partial charge on any atom is -0.103 e. The molecule has 9 heavy (non-hydrogen) atoms. The molecular formula is C9H14. The number of allylic oxidation sites excluding steroid dienone is 2. The van der Waals surface area contributed by atoms with Gasteiger partial charge in [0.1, 0.15) is 0 Å². The van der Waals surface area contributed by atoms with Crippen molar-refractivity contribution in [2.24, 2.45) is 11.8 Å². The van der Waals surface area contributed by atoms with Gasteiger partial charge in [-0.25, -0.2) is 0 Å². The van der Waals surface area contributed by atoms with Crippen molar-refractivity contribution in [3.63, 3.8) is 0 Å². The van der Waals surface area contributed by atoms with E-state index in [0.29, 0.717) is 0 Å². The lowest BCUT2D eigenvalue weighted by molar-refractivity contribution is 0.560. The molecule has 0 heterocycles. The van der Waals surface area contributed by atoms with E-state index < -0.39 is 0 Å². The Balaban J connectivity index is 2.50. The molecule has 1 saturated carbocycles. The van der Waals surface area contributed by atoms with E-state index in [2.05, 4.69) is 25.3 Å². The minimum atomic E-state index is 0.725. The van der Waals surface area contributed by atoms with Gasteiger partial charge in [-0.15, -0.1) is 13.2 Å². The number of hydrogen-bond acceptors (Lipinski definition) is 0. The summed E-state index contributed by atoms with van der Waals surface area (Å²) in [5.74, 6) is 1.45. The summed E-state index contributed by atoms with van der Waals surface area (Å²) in [6, 6.07) is 0. The van der Waals surface area contributed by atoms with E-state index in [1.807, 2.05) is 0 Å². The van der Waals surface area contributed by atoms with Crippen LogP contribution in [0.3, 0.4) is 0 Å². The molecule has 0 spiro atoms. The smallest absolute Gasteiger partial charge is 0.0173 e. The molecule has 0 heteroatoms. The molecule has 1 fully saturated rings. The van der Waals surface area contributed by atoms with Gasteiger partial charge in [-0.3, -0.25) is 0 Å². The molecule has 0 amide bonds. The third-order valence-corrected chi connectivity index (χ3v) is 2.23. The Morgan fingerprint density at radius 3 is 1.78 bits per heavy atom. The summed E-state index contributed by atoms with van der Waals surface area (Å²) in [6.45, 7) is 7.59. The Kier molecular flexibility index (Phi) is 2.10. The van der Waals surface area contributed by atoms with Crippen LogP contribution in [0.2, 0.25) is 0 Å². The molecule has 0 radical (unpaired) electrons. The lowest BCUT2D eigenvalue weighted by Crippen LogP contribution is -1.99. The highest BCUT2D eigenvalue weighted by atomic mass is 14.3. The van der Waals surface area contributed by atoms with E-state index in [-0.39, 0.29) is 0 Å². The molecule has 0 aromatic heterocycles. The first-order chi connectivity index (χ1) is 4.38. The van der Waals surface area contributed by atoms with E-state index in [9.17, 15) is 0 Å². The number of rotatable bonds is 2. The Hall–Kier alpha value is -0.520. The zero-order valence-electron chi connectivity index (χ0n) is 5.84. The normalized spacial score (nSPS) is 34.2. The molecule has 0 nitrogen and oxygen atoms in total. The van der Waals surface area contributed by atoms with Crippen LogP contribution in [0.1, 0.15) is 19.3 Å². The zero-order chi connectivity index (χ0) is 6.69. The molecule has 1 rings (SSSR count). The molecule has 1 aliphatic rings. The van der Waals surface area contributed by atoms with Crippen LogP contribution in [0.15, 0.2) is 25.3 Å². The van der Waals surface area contributed by atoms with Crippen LogP contribution in [0.4, 0.5) is 0 Å². The second-order valence-corrected chi connectivity index (χ2v) is 2.73. The monoisotopic (exact) mass is 122 g/mol. The van der Waals surface area contributed by atoms with Crippen molar-refractivity contribution in [1.82, 2.24) is 0 Å². The highest BCUT2D eigenvalue weighted by Gasteiger charge is 2.20. The first-order valence-electron chi connectivity index (χ1n) is 3.63.